The van der Waals surface area contributed by atoms with Gasteiger partial charge in [0, 0.05) is 5.41 Å². The summed E-state index contributed by atoms with van der Waals surface area (Å²) in [5.41, 5.74) is -1.18. The molecule has 1 spiro atoms. The monoisotopic (exact) mass is 418 g/mol. The molecule has 0 aromatic carbocycles. The molecule has 1 N–H and O–H groups in total. The van der Waals surface area contributed by atoms with Crippen molar-refractivity contribution in [3.05, 3.63) is 0 Å². The molecule has 3 aliphatic rings. The summed E-state index contributed by atoms with van der Waals surface area (Å²) in [4.78, 5) is 25.7. The van der Waals surface area contributed by atoms with Crippen LogP contribution in [0.15, 0.2) is 0 Å². The van der Waals surface area contributed by atoms with Crippen molar-refractivity contribution < 1.29 is 22.7 Å². The minimum Gasteiger partial charge on any atom is -0.444 e. The molecule has 3 fully saturated rings. The Kier molecular flexibility index (Phi) is 4.85. The van der Waals surface area contributed by atoms with Crippen molar-refractivity contribution >= 4 is 22.0 Å². The molecule has 2 aliphatic carbocycles. The molecule has 0 radical (unpaired) electrons. The third-order valence-electron chi connectivity index (χ3n) is 7.23. The summed E-state index contributed by atoms with van der Waals surface area (Å²) in [6.07, 6.45) is 1.86. The van der Waals surface area contributed by atoms with Crippen molar-refractivity contribution in [1.82, 2.24) is 9.62 Å². The molecule has 28 heavy (non-hydrogen) atoms. The van der Waals surface area contributed by atoms with Gasteiger partial charge in [-0.2, -0.15) is 0 Å². The fraction of sp³-hybridized carbons (Fsp3) is 0.900. The number of carbonyl (C=O) groups excluding carboxylic acids is 2. The Labute approximate surface area is 168 Å². The summed E-state index contributed by atoms with van der Waals surface area (Å²) in [6.45, 7) is 13.1. The average molecular weight is 419 g/mol. The van der Waals surface area contributed by atoms with E-state index in [0.717, 1.165) is 23.6 Å². The first-order valence-electron chi connectivity index (χ1n) is 10.2. The molecule has 160 valence electrons. The molecule has 0 unspecified atom stereocenters. The zero-order valence-electron chi connectivity index (χ0n) is 18.0. The highest BCUT2D eigenvalue weighted by molar-refractivity contribution is 7.90. The van der Waals surface area contributed by atoms with Crippen LogP contribution in [0.2, 0.25) is 0 Å². The Balaban J connectivity index is 1.89. The molecule has 0 aromatic heterocycles. The number of ether oxygens (including phenoxy) is 1. The number of sulfonamides is 1. The fourth-order valence-electron chi connectivity index (χ4n) is 5.66. The van der Waals surface area contributed by atoms with Crippen LogP contribution in [-0.4, -0.2) is 48.2 Å². The van der Waals surface area contributed by atoms with Gasteiger partial charge in [0.1, 0.15) is 11.6 Å². The number of hydrogen-bond acceptors (Lipinski definition) is 5. The molecule has 2 saturated carbocycles. The van der Waals surface area contributed by atoms with E-state index in [1.165, 1.54) is 0 Å². The number of fused-ring (bicyclic) bond motifs is 1. The van der Waals surface area contributed by atoms with Crippen molar-refractivity contribution in [1.29, 1.82) is 0 Å². The van der Waals surface area contributed by atoms with Crippen LogP contribution in [0.5, 0.6) is 0 Å². The van der Waals surface area contributed by atoms with E-state index in [2.05, 4.69) is 19.2 Å². The Hall–Kier alpha value is -1.31. The Morgan fingerprint density at radius 2 is 1.93 bits per heavy atom. The smallest absolute Gasteiger partial charge is 0.408 e. The zero-order chi connectivity index (χ0) is 21.3. The second kappa shape index (κ2) is 6.34. The number of hydrogen-bond donors (Lipinski definition) is 1. The van der Waals surface area contributed by atoms with E-state index in [1.54, 1.807) is 34.6 Å². The summed E-state index contributed by atoms with van der Waals surface area (Å²) >= 11 is 0. The van der Waals surface area contributed by atoms with Crippen LogP contribution in [0.25, 0.3) is 0 Å². The van der Waals surface area contributed by atoms with Gasteiger partial charge in [0.25, 0.3) is 5.91 Å². The van der Waals surface area contributed by atoms with Crippen LogP contribution in [0.4, 0.5) is 4.79 Å². The molecule has 0 aromatic rings. The van der Waals surface area contributed by atoms with Crippen molar-refractivity contribution in [2.24, 2.45) is 22.7 Å². The largest absolute Gasteiger partial charge is 0.444 e. The maximum Gasteiger partial charge on any atom is 0.408 e. The normalized spacial score (nSPS) is 33.6. The third-order valence-corrected chi connectivity index (χ3v) is 9.15. The first kappa shape index (κ1) is 21.4. The van der Waals surface area contributed by atoms with Crippen molar-refractivity contribution in [3.63, 3.8) is 0 Å². The number of rotatable bonds is 3. The molecule has 4 atom stereocenters. The predicted molar refractivity (Wildman–Crippen MR) is 106 cm³/mol. The van der Waals surface area contributed by atoms with E-state index in [9.17, 15) is 18.0 Å². The first-order valence-corrected chi connectivity index (χ1v) is 11.8. The van der Waals surface area contributed by atoms with Gasteiger partial charge >= 0.3 is 6.09 Å². The van der Waals surface area contributed by atoms with Gasteiger partial charge in [-0.3, -0.25) is 4.79 Å². The number of nitrogens with zero attached hydrogens (tertiary/aromatic N) is 1. The summed E-state index contributed by atoms with van der Waals surface area (Å²) < 4.78 is 32.6. The van der Waals surface area contributed by atoms with Gasteiger partial charge in [-0.1, -0.05) is 27.7 Å². The lowest BCUT2D eigenvalue weighted by Crippen LogP contribution is -2.55. The van der Waals surface area contributed by atoms with E-state index in [0.29, 0.717) is 5.92 Å². The molecular weight excluding hydrogens is 384 g/mol. The number of carbonyl (C=O) groups is 2. The number of amides is 2. The third kappa shape index (κ3) is 3.12. The molecule has 7 nitrogen and oxygen atoms in total. The van der Waals surface area contributed by atoms with Crippen LogP contribution in [0.3, 0.4) is 0 Å². The summed E-state index contributed by atoms with van der Waals surface area (Å²) in [5.74, 6) is -0.346. The van der Waals surface area contributed by atoms with E-state index >= 15 is 0 Å². The van der Waals surface area contributed by atoms with E-state index in [4.69, 9.17) is 4.74 Å². The van der Waals surface area contributed by atoms with Crippen molar-refractivity contribution in [3.8, 4) is 0 Å². The van der Waals surface area contributed by atoms with Gasteiger partial charge in [-0.15, -0.1) is 0 Å². The zero-order valence-corrected chi connectivity index (χ0v) is 18.9. The van der Waals surface area contributed by atoms with Crippen LogP contribution in [0, 0.1) is 22.7 Å². The Morgan fingerprint density at radius 1 is 1.32 bits per heavy atom. The quantitative estimate of drug-likeness (QED) is 0.761. The molecule has 1 heterocycles. The second-order valence-electron chi connectivity index (χ2n) is 10.6. The SMILES string of the molecule is CC(C)[14C@H](NC(=O)OC(C)(C)C)[14C](=O)N1[C@@H]2C[C@H]3CC[C@]2(CS1(=O)=O)C3(C)C. The maximum atomic E-state index is 13.4. The lowest BCUT2D eigenvalue weighted by Gasteiger charge is -2.37. The van der Waals surface area contributed by atoms with Crippen LogP contribution >= 0.6 is 0 Å². The molecule has 1 aliphatic heterocycles. The van der Waals surface area contributed by atoms with Crippen LogP contribution in [-0.2, 0) is 19.6 Å². The number of nitrogens with one attached hydrogen (secondary N) is 1. The van der Waals surface area contributed by atoms with Gasteiger partial charge in [0.2, 0.25) is 10.0 Å². The minimum absolute atomic E-state index is 0.0250. The van der Waals surface area contributed by atoms with Crippen molar-refractivity contribution in [2.75, 3.05) is 5.75 Å². The van der Waals surface area contributed by atoms with E-state index in [-0.39, 0.29) is 28.5 Å². The lowest BCUT2D eigenvalue weighted by molar-refractivity contribution is -0.132. The first-order chi connectivity index (χ1) is 12.6. The summed E-state index contributed by atoms with van der Waals surface area (Å²) in [5, 5.41) is 2.61. The summed E-state index contributed by atoms with van der Waals surface area (Å²) in [6, 6.07) is -1.25. The van der Waals surface area contributed by atoms with Gasteiger partial charge < -0.3 is 10.1 Å². The molecular formula is C20H34N2O5S. The molecule has 3 rings (SSSR count). The lowest BCUT2D eigenvalue weighted by atomic mass is 9.69. The van der Waals surface area contributed by atoms with Crippen LogP contribution in [0.1, 0.15) is 67.7 Å². The second-order valence-corrected chi connectivity index (χ2v) is 12.5. The minimum atomic E-state index is -3.72. The number of alkyl carbamates (subject to hydrolysis) is 1. The summed E-state index contributed by atoms with van der Waals surface area (Å²) in [7, 11) is -3.72. The van der Waals surface area contributed by atoms with Gasteiger partial charge in [0.05, 0.1) is 11.8 Å². The highest BCUT2D eigenvalue weighted by Crippen LogP contribution is 2.70. The highest BCUT2D eigenvalue weighted by Gasteiger charge is 2.72. The van der Waals surface area contributed by atoms with Gasteiger partial charge in [-0.05, 0) is 57.3 Å². The maximum absolute atomic E-state index is 13.4. The predicted octanol–water partition coefficient (Wildman–Crippen LogP) is 2.90. The highest BCUT2D eigenvalue weighted by atomic mass is 32.2. The average Bonchev–Trinajstić information content (AvgIpc) is 2.97. The van der Waals surface area contributed by atoms with Gasteiger partial charge in [-0.25, -0.2) is 17.5 Å². The fourth-order valence-corrected chi connectivity index (χ4v) is 8.23. The Bertz CT molecular complexity index is 783. The van der Waals surface area contributed by atoms with E-state index in [1.807, 2.05) is 0 Å². The topological polar surface area (TPSA) is 92.8 Å². The van der Waals surface area contributed by atoms with Crippen LogP contribution < -0.4 is 5.32 Å². The van der Waals surface area contributed by atoms with E-state index < -0.39 is 33.7 Å². The van der Waals surface area contributed by atoms with Gasteiger partial charge in [0.15, 0.2) is 0 Å². The molecule has 8 heteroatoms. The molecule has 1 saturated heterocycles. The Morgan fingerprint density at radius 3 is 2.43 bits per heavy atom. The van der Waals surface area contributed by atoms with Crippen molar-refractivity contribution in [2.45, 2.75) is 85.4 Å². The standard InChI is InChI=1S/C20H34N2O5S/c1-12(2)15(21-17(24)27-18(3,4)5)16(23)22-14-10-13-8-9-20(14,19(13,6)7)11-28(22,25)26/h12-15H,8-11H2,1-7H3,(H,21,24)/t13-,14-,15+,20-/m1/s1/i15+2,16+2. The molecule has 2 amide bonds. The molecule has 2 bridgehead atoms.